The molecule has 0 fully saturated rings. The highest BCUT2D eigenvalue weighted by Crippen LogP contribution is 2.19. The predicted octanol–water partition coefficient (Wildman–Crippen LogP) is 2.36. The molecular formula is C17H21N3O2S. The number of para-hydroxylation sites is 1. The molecule has 0 aliphatic rings. The molecule has 2 N–H and O–H groups in total. The summed E-state index contributed by atoms with van der Waals surface area (Å²) in [6, 6.07) is 11.2. The van der Waals surface area contributed by atoms with Crippen molar-refractivity contribution in [3.05, 3.63) is 36.4 Å². The number of pyridine rings is 1. The van der Waals surface area contributed by atoms with Gasteiger partial charge in [-0.15, -0.1) is 0 Å². The molecule has 0 unspecified atom stereocenters. The Kier molecular flexibility index (Phi) is 6.40. The van der Waals surface area contributed by atoms with Gasteiger partial charge in [-0.25, -0.2) is 4.98 Å². The smallest absolute Gasteiger partial charge is 0.242 e. The predicted molar refractivity (Wildman–Crippen MR) is 93.4 cm³/mol. The van der Waals surface area contributed by atoms with Crippen LogP contribution in [-0.2, 0) is 9.59 Å². The molecule has 2 amide bonds. The Labute approximate surface area is 140 Å². The van der Waals surface area contributed by atoms with Crippen LogP contribution in [0.2, 0.25) is 0 Å². The van der Waals surface area contributed by atoms with Crippen molar-refractivity contribution < 1.29 is 9.59 Å². The third-order valence-electron chi connectivity index (χ3n) is 3.24. The van der Waals surface area contributed by atoms with E-state index < -0.39 is 6.04 Å². The standard InChI is InChI=1S/C17H21N3O2S/c1-3-10-18-17(22)12(2)19-15(21)11-23-16-9-8-13-6-4-5-7-14(13)20-16/h4-9,12H,3,10-11H2,1-2H3,(H,18,22)(H,19,21)/t12-/m0/s1. The van der Waals surface area contributed by atoms with Gasteiger partial charge in [0.1, 0.15) is 6.04 Å². The van der Waals surface area contributed by atoms with Crippen LogP contribution in [0, 0.1) is 0 Å². The van der Waals surface area contributed by atoms with E-state index in [4.69, 9.17) is 0 Å². The van der Waals surface area contributed by atoms with E-state index in [1.807, 2.05) is 43.3 Å². The second kappa shape index (κ2) is 8.53. The van der Waals surface area contributed by atoms with Crippen LogP contribution in [-0.4, -0.2) is 35.1 Å². The first kappa shape index (κ1) is 17.3. The number of fused-ring (bicyclic) bond motifs is 1. The van der Waals surface area contributed by atoms with Crippen molar-refractivity contribution in [1.29, 1.82) is 0 Å². The average molecular weight is 331 g/mol. The summed E-state index contributed by atoms with van der Waals surface area (Å²) in [6.45, 7) is 4.29. The molecule has 23 heavy (non-hydrogen) atoms. The van der Waals surface area contributed by atoms with Gasteiger partial charge in [0, 0.05) is 11.9 Å². The molecule has 0 saturated heterocycles. The van der Waals surface area contributed by atoms with Crippen LogP contribution in [0.15, 0.2) is 41.4 Å². The van der Waals surface area contributed by atoms with Gasteiger partial charge in [0.05, 0.1) is 16.3 Å². The van der Waals surface area contributed by atoms with Gasteiger partial charge in [0.25, 0.3) is 0 Å². The number of thioether (sulfide) groups is 1. The van der Waals surface area contributed by atoms with Gasteiger partial charge in [-0.2, -0.15) is 0 Å². The van der Waals surface area contributed by atoms with E-state index in [1.165, 1.54) is 11.8 Å². The van der Waals surface area contributed by atoms with Crippen LogP contribution in [0.1, 0.15) is 20.3 Å². The van der Waals surface area contributed by atoms with Crippen molar-refractivity contribution in [3.8, 4) is 0 Å². The van der Waals surface area contributed by atoms with Crippen LogP contribution >= 0.6 is 11.8 Å². The van der Waals surface area contributed by atoms with Gasteiger partial charge in [0.15, 0.2) is 0 Å². The summed E-state index contributed by atoms with van der Waals surface area (Å²) in [4.78, 5) is 28.1. The number of nitrogens with zero attached hydrogens (tertiary/aromatic N) is 1. The lowest BCUT2D eigenvalue weighted by Crippen LogP contribution is -2.45. The maximum atomic E-state index is 11.9. The maximum Gasteiger partial charge on any atom is 0.242 e. The molecule has 0 spiro atoms. The van der Waals surface area contributed by atoms with E-state index in [9.17, 15) is 9.59 Å². The summed E-state index contributed by atoms with van der Waals surface area (Å²) in [5, 5.41) is 7.32. The molecular weight excluding hydrogens is 310 g/mol. The number of rotatable bonds is 7. The molecule has 2 aromatic rings. The van der Waals surface area contributed by atoms with Crippen molar-refractivity contribution >= 4 is 34.5 Å². The maximum absolute atomic E-state index is 11.9. The van der Waals surface area contributed by atoms with Gasteiger partial charge in [-0.1, -0.05) is 43.0 Å². The number of nitrogens with one attached hydrogen (secondary N) is 2. The Hall–Kier alpha value is -2.08. The lowest BCUT2D eigenvalue weighted by molar-refractivity contribution is -0.127. The van der Waals surface area contributed by atoms with E-state index in [1.54, 1.807) is 6.92 Å². The first-order valence-corrected chi connectivity index (χ1v) is 8.64. The monoisotopic (exact) mass is 331 g/mol. The second-order valence-electron chi connectivity index (χ2n) is 5.21. The molecule has 5 nitrogen and oxygen atoms in total. The molecule has 1 aromatic carbocycles. The molecule has 0 radical (unpaired) electrons. The van der Waals surface area contributed by atoms with E-state index in [2.05, 4.69) is 15.6 Å². The lowest BCUT2D eigenvalue weighted by Gasteiger charge is -2.13. The Morgan fingerprint density at radius 3 is 2.78 bits per heavy atom. The van der Waals surface area contributed by atoms with E-state index in [0.717, 1.165) is 22.3 Å². The molecule has 0 saturated carbocycles. The Bertz CT molecular complexity index is 690. The fraction of sp³-hybridized carbons (Fsp3) is 0.353. The summed E-state index contributed by atoms with van der Waals surface area (Å²) in [5.74, 6) is -0.102. The zero-order chi connectivity index (χ0) is 16.7. The summed E-state index contributed by atoms with van der Waals surface area (Å²) < 4.78 is 0. The largest absolute Gasteiger partial charge is 0.354 e. The molecule has 0 aliphatic carbocycles. The number of hydrogen-bond donors (Lipinski definition) is 2. The molecule has 6 heteroatoms. The second-order valence-corrected chi connectivity index (χ2v) is 6.21. The quantitative estimate of drug-likeness (QED) is 0.764. The number of carbonyl (C=O) groups excluding carboxylic acids is 2. The van der Waals surface area contributed by atoms with Crippen molar-refractivity contribution in [2.24, 2.45) is 0 Å². The Balaban J connectivity index is 1.84. The normalized spacial score (nSPS) is 11.9. The summed E-state index contributed by atoms with van der Waals surface area (Å²) in [6.07, 6.45) is 0.871. The number of amides is 2. The third kappa shape index (κ3) is 5.25. The molecule has 1 aromatic heterocycles. The molecule has 0 aliphatic heterocycles. The highest BCUT2D eigenvalue weighted by atomic mass is 32.2. The van der Waals surface area contributed by atoms with Crippen molar-refractivity contribution in [3.63, 3.8) is 0 Å². The van der Waals surface area contributed by atoms with E-state index >= 15 is 0 Å². The lowest BCUT2D eigenvalue weighted by atomic mass is 10.2. The highest BCUT2D eigenvalue weighted by molar-refractivity contribution is 7.99. The Morgan fingerprint density at radius 2 is 2.00 bits per heavy atom. The van der Waals surface area contributed by atoms with Gasteiger partial charge in [0.2, 0.25) is 11.8 Å². The number of benzene rings is 1. The summed E-state index contributed by atoms with van der Waals surface area (Å²) >= 11 is 1.36. The molecule has 1 atom stereocenters. The van der Waals surface area contributed by atoms with Gasteiger partial charge < -0.3 is 10.6 Å². The number of aromatic nitrogens is 1. The number of hydrogen-bond acceptors (Lipinski definition) is 4. The van der Waals surface area contributed by atoms with Crippen molar-refractivity contribution in [2.45, 2.75) is 31.3 Å². The minimum atomic E-state index is -0.529. The highest BCUT2D eigenvalue weighted by Gasteiger charge is 2.15. The molecule has 0 bridgehead atoms. The van der Waals surface area contributed by atoms with Gasteiger partial charge >= 0.3 is 0 Å². The zero-order valence-corrected chi connectivity index (χ0v) is 14.2. The molecule has 2 rings (SSSR count). The van der Waals surface area contributed by atoms with Crippen LogP contribution in [0.25, 0.3) is 10.9 Å². The van der Waals surface area contributed by atoms with Crippen molar-refractivity contribution in [2.75, 3.05) is 12.3 Å². The van der Waals surface area contributed by atoms with Crippen LogP contribution in [0.5, 0.6) is 0 Å². The van der Waals surface area contributed by atoms with Crippen LogP contribution < -0.4 is 10.6 Å². The third-order valence-corrected chi connectivity index (χ3v) is 4.17. The SMILES string of the molecule is CCCNC(=O)[C@H](C)NC(=O)CSc1ccc2ccccc2n1. The minimum Gasteiger partial charge on any atom is -0.354 e. The van der Waals surface area contributed by atoms with Crippen molar-refractivity contribution in [1.82, 2.24) is 15.6 Å². The number of carbonyl (C=O) groups is 2. The van der Waals surface area contributed by atoms with Crippen LogP contribution in [0.4, 0.5) is 0 Å². The average Bonchev–Trinajstić information content (AvgIpc) is 2.57. The fourth-order valence-corrected chi connectivity index (χ4v) is 2.71. The van der Waals surface area contributed by atoms with Gasteiger partial charge in [-0.3, -0.25) is 9.59 Å². The van der Waals surface area contributed by atoms with E-state index in [0.29, 0.717) is 6.54 Å². The van der Waals surface area contributed by atoms with Crippen LogP contribution in [0.3, 0.4) is 0 Å². The minimum absolute atomic E-state index is 0.158. The molecule has 1 heterocycles. The van der Waals surface area contributed by atoms with Gasteiger partial charge in [-0.05, 0) is 25.5 Å². The first-order chi connectivity index (χ1) is 11.1. The summed E-state index contributed by atoms with van der Waals surface area (Å²) in [7, 11) is 0. The molecule has 122 valence electrons. The fourth-order valence-electron chi connectivity index (χ4n) is 2.02. The van der Waals surface area contributed by atoms with E-state index in [-0.39, 0.29) is 17.6 Å². The summed E-state index contributed by atoms with van der Waals surface area (Å²) in [5.41, 5.74) is 0.908. The first-order valence-electron chi connectivity index (χ1n) is 7.66. The zero-order valence-electron chi connectivity index (χ0n) is 13.3. The Morgan fingerprint density at radius 1 is 1.22 bits per heavy atom. The topological polar surface area (TPSA) is 71.1 Å².